The number of piperidine rings is 1. The summed E-state index contributed by atoms with van der Waals surface area (Å²) >= 11 is 1.45. The number of likely N-dealkylation sites (tertiary alicyclic amines) is 1. The number of H-pyrrole nitrogens is 2. The first-order valence-corrected chi connectivity index (χ1v) is 10.1. The van der Waals surface area contributed by atoms with Gasteiger partial charge in [-0.15, -0.1) is 11.3 Å². The van der Waals surface area contributed by atoms with Crippen LogP contribution in [0.15, 0.2) is 45.3 Å². The topological polar surface area (TPSA) is 142 Å². The Bertz CT molecular complexity index is 1190. The SMILES string of the molecule is O=C(c1cc(=O)[nH]c(=O)[nH]1)N1CCC(c2nc(-c3ccccc3[N+](=O)[O-])cs2)CC1. The van der Waals surface area contributed by atoms with Gasteiger partial charge in [0.2, 0.25) is 0 Å². The Labute approximate surface area is 173 Å². The molecule has 154 valence electrons. The third kappa shape index (κ3) is 3.92. The van der Waals surface area contributed by atoms with Crippen LogP contribution in [-0.2, 0) is 0 Å². The third-order valence-electron chi connectivity index (χ3n) is 5.02. The summed E-state index contributed by atoms with van der Waals surface area (Å²) in [5, 5.41) is 14.0. The van der Waals surface area contributed by atoms with Gasteiger partial charge < -0.3 is 9.88 Å². The molecule has 0 aliphatic carbocycles. The van der Waals surface area contributed by atoms with E-state index in [9.17, 15) is 24.5 Å². The maximum Gasteiger partial charge on any atom is 0.326 e. The van der Waals surface area contributed by atoms with Crippen molar-refractivity contribution in [3.05, 3.63) is 77.4 Å². The van der Waals surface area contributed by atoms with Crippen molar-refractivity contribution in [3.63, 3.8) is 0 Å². The predicted octanol–water partition coefficient (Wildman–Crippen LogP) is 2.11. The number of amides is 1. The van der Waals surface area contributed by atoms with Gasteiger partial charge in [0.25, 0.3) is 17.2 Å². The summed E-state index contributed by atoms with van der Waals surface area (Å²) in [6.45, 7) is 0.914. The van der Waals surface area contributed by atoms with E-state index >= 15 is 0 Å². The zero-order valence-corrected chi connectivity index (χ0v) is 16.5. The molecule has 0 spiro atoms. The Morgan fingerprint density at radius 1 is 1.20 bits per heavy atom. The number of nitrogens with zero attached hydrogens (tertiary/aromatic N) is 3. The summed E-state index contributed by atoms with van der Waals surface area (Å²) in [7, 11) is 0. The molecule has 0 radical (unpaired) electrons. The molecule has 1 fully saturated rings. The van der Waals surface area contributed by atoms with Gasteiger partial charge in [-0.05, 0) is 18.9 Å². The molecule has 2 N–H and O–H groups in total. The normalized spacial score (nSPS) is 14.6. The number of nitro groups is 1. The van der Waals surface area contributed by atoms with Crippen LogP contribution in [-0.4, -0.2) is 43.8 Å². The van der Waals surface area contributed by atoms with Gasteiger partial charge in [0.1, 0.15) is 5.69 Å². The molecule has 0 atom stereocenters. The van der Waals surface area contributed by atoms with Crippen molar-refractivity contribution >= 4 is 22.9 Å². The van der Waals surface area contributed by atoms with Crippen molar-refractivity contribution in [1.82, 2.24) is 19.9 Å². The molecule has 0 saturated carbocycles. The third-order valence-corrected chi connectivity index (χ3v) is 6.03. The zero-order chi connectivity index (χ0) is 21.3. The van der Waals surface area contributed by atoms with E-state index in [1.807, 2.05) is 10.4 Å². The van der Waals surface area contributed by atoms with Crippen LogP contribution in [0.2, 0.25) is 0 Å². The molecule has 3 heterocycles. The first kappa shape index (κ1) is 19.7. The fourth-order valence-corrected chi connectivity index (χ4v) is 4.52. The summed E-state index contributed by atoms with van der Waals surface area (Å²) in [5.41, 5.74) is -0.303. The second kappa shape index (κ2) is 8.03. The van der Waals surface area contributed by atoms with Crippen LogP contribution in [0.5, 0.6) is 0 Å². The lowest BCUT2D eigenvalue weighted by atomic mass is 9.97. The number of carbonyl (C=O) groups is 1. The molecular weight excluding hydrogens is 410 g/mol. The molecule has 4 rings (SSSR count). The van der Waals surface area contributed by atoms with E-state index in [2.05, 4.69) is 9.97 Å². The lowest BCUT2D eigenvalue weighted by Crippen LogP contribution is -2.39. The Morgan fingerprint density at radius 2 is 1.93 bits per heavy atom. The zero-order valence-electron chi connectivity index (χ0n) is 15.7. The number of nitro benzene ring substituents is 1. The van der Waals surface area contributed by atoms with Gasteiger partial charge in [-0.2, -0.15) is 0 Å². The maximum atomic E-state index is 12.6. The Morgan fingerprint density at radius 3 is 2.63 bits per heavy atom. The van der Waals surface area contributed by atoms with Gasteiger partial charge in [-0.25, -0.2) is 9.78 Å². The van der Waals surface area contributed by atoms with E-state index in [4.69, 9.17) is 0 Å². The van der Waals surface area contributed by atoms with Crippen LogP contribution in [0.1, 0.15) is 34.3 Å². The fourth-order valence-electron chi connectivity index (χ4n) is 3.53. The van der Waals surface area contributed by atoms with E-state index in [0.717, 1.165) is 11.1 Å². The summed E-state index contributed by atoms with van der Waals surface area (Å²) in [6, 6.07) is 7.58. The number of rotatable bonds is 4. The highest BCUT2D eigenvalue weighted by atomic mass is 32.1. The molecule has 1 aromatic carbocycles. The highest BCUT2D eigenvalue weighted by Gasteiger charge is 2.27. The van der Waals surface area contributed by atoms with Gasteiger partial charge in [0.05, 0.1) is 21.2 Å². The van der Waals surface area contributed by atoms with Gasteiger partial charge in [-0.3, -0.25) is 24.7 Å². The fraction of sp³-hybridized carbons (Fsp3) is 0.263. The van der Waals surface area contributed by atoms with Crippen molar-refractivity contribution in [2.24, 2.45) is 0 Å². The number of para-hydroxylation sites is 1. The number of aromatic nitrogens is 3. The first-order chi connectivity index (χ1) is 14.4. The second-order valence-corrected chi connectivity index (χ2v) is 7.80. The number of benzene rings is 1. The van der Waals surface area contributed by atoms with Crippen LogP contribution >= 0.6 is 11.3 Å². The average molecular weight is 427 g/mol. The van der Waals surface area contributed by atoms with E-state index < -0.39 is 22.1 Å². The van der Waals surface area contributed by atoms with Crippen molar-refractivity contribution in [3.8, 4) is 11.3 Å². The highest BCUT2D eigenvalue weighted by molar-refractivity contribution is 7.10. The lowest BCUT2D eigenvalue weighted by molar-refractivity contribution is -0.384. The summed E-state index contributed by atoms with van der Waals surface area (Å²) in [5.74, 6) is -0.259. The van der Waals surface area contributed by atoms with E-state index in [-0.39, 0.29) is 17.3 Å². The summed E-state index contributed by atoms with van der Waals surface area (Å²) < 4.78 is 0. The number of hydrogen-bond acceptors (Lipinski definition) is 7. The van der Waals surface area contributed by atoms with Crippen LogP contribution in [0, 0.1) is 10.1 Å². The standard InChI is InChI=1S/C19H17N5O5S/c25-16-9-13(21-19(27)22-16)18(26)23-7-5-11(6-8-23)17-20-14(10-30-17)12-3-1-2-4-15(12)24(28)29/h1-4,9-11H,5-8H2,(H2,21,22,25,27). The number of hydrogen-bond donors (Lipinski definition) is 2. The first-order valence-electron chi connectivity index (χ1n) is 9.24. The molecule has 1 amide bonds. The van der Waals surface area contributed by atoms with Crippen LogP contribution < -0.4 is 11.2 Å². The van der Waals surface area contributed by atoms with E-state index in [1.54, 1.807) is 23.1 Å². The molecule has 3 aromatic rings. The van der Waals surface area contributed by atoms with Gasteiger partial charge in [-0.1, -0.05) is 12.1 Å². The molecular formula is C19H17N5O5S. The van der Waals surface area contributed by atoms with Gasteiger partial charge in [0, 0.05) is 36.5 Å². The summed E-state index contributed by atoms with van der Waals surface area (Å²) in [4.78, 5) is 56.8. The van der Waals surface area contributed by atoms with Gasteiger partial charge in [0.15, 0.2) is 0 Å². The van der Waals surface area contributed by atoms with Gasteiger partial charge >= 0.3 is 5.69 Å². The molecule has 10 nitrogen and oxygen atoms in total. The van der Waals surface area contributed by atoms with Crippen LogP contribution in [0.25, 0.3) is 11.3 Å². The minimum Gasteiger partial charge on any atom is -0.337 e. The van der Waals surface area contributed by atoms with E-state index in [0.29, 0.717) is 37.2 Å². The van der Waals surface area contributed by atoms with Crippen molar-refractivity contribution in [2.45, 2.75) is 18.8 Å². The Kier molecular flexibility index (Phi) is 5.27. The van der Waals surface area contributed by atoms with E-state index in [1.165, 1.54) is 17.4 Å². The quantitative estimate of drug-likeness (QED) is 0.482. The second-order valence-electron chi connectivity index (χ2n) is 6.91. The Hall–Kier alpha value is -3.60. The molecule has 1 saturated heterocycles. The van der Waals surface area contributed by atoms with Crippen LogP contribution in [0.4, 0.5) is 5.69 Å². The Balaban J connectivity index is 1.47. The van der Waals surface area contributed by atoms with Crippen molar-refractivity contribution in [1.29, 1.82) is 0 Å². The number of thiazole rings is 1. The number of nitrogens with one attached hydrogen (secondary N) is 2. The molecule has 0 bridgehead atoms. The average Bonchev–Trinajstić information content (AvgIpc) is 3.23. The van der Waals surface area contributed by atoms with Crippen molar-refractivity contribution < 1.29 is 9.72 Å². The summed E-state index contributed by atoms with van der Waals surface area (Å²) in [6.07, 6.45) is 1.34. The number of aromatic amines is 2. The predicted molar refractivity (Wildman–Crippen MR) is 110 cm³/mol. The minimum absolute atomic E-state index is 0.0154. The lowest BCUT2D eigenvalue weighted by Gasteiger charge is -2.30. The maximum absolute atomic E-state index is 12.6. The largest absolute Gasteiger partial charge is 0.337 e. The molecule has 2 aromatic heterocycles. The molecule has 11 heteroatoms. The minimum atomic E-state index is -0.717. The smallest absolute Gasteiger partial charge is 0.326 e. The highest BCUT2D eigenvalue weighted by Crippen LogP contribution is 2.35. The molecule has 1 aliphatic heterocycles. The molecule has 30 heavy (non-hydrogen) atoms. The molecule has 0 unspecified atom stereocenters. The number of carbonyl (C=O) groups excluding carboxylic acids is 1. The molecule has 1 aliphatic rings. The van der Waals surface area contributed by atoms with Crippen LogP contribution in [0.3, 0.4) is 0 Å². The van der Waals surface area contributed by atoms with Crippen molar-refractivity contribution in [2.75, 3.05) is 13.1 Å². The monoisotopic (exact) mass is 427 g/mol.